The Hall–Kier alpha value is -2.41. The van der Waals surface area contributed by atoms with E-state index in [2.05, 4.69) is 9.97 Å². The molecule has 1 amide bonds. The molecule has 0 bridgehead atoms. The molecule has 24 heavy (non-hydrogen) atoms. The Morgan fingerprint density at radius 1 is 1.42 bits per heavy atom. The van der Waals surface area contributed by atoms with Gasteiger partial charge < -0.3 is 19.1 Å². The zero-order chi connectivity index (χ0) is 16.9. The lowest BCUT2D eigenvalue weighted by atomic mass is 10.1. The van der Waals surface area contributed by atoms with E-state index in [0.717, 1.165) is 11.5 Å². The Morgan fingerprint density at radius 2 is 2.29 bits per heavy atom. The first-order valence-corrected chi connectivity index (χ1v) is 8.13. The first-order chi connectivity index (χ1) is 11.6. The molecule has 3 rings (SSSR count). The van der Waals surface area contributed by atoms with Crippen LogP contribution in [-0.2, 0) is 16.1 Å². The van der Waals surface area contributed by atoms with E-state index in [1.165, 1.54) is 0 Å². The summed E-state index contributed by atoms with van der Waals surface area (Å²) in [6.07, 6.45) is 5.61. The number of hydrogen-bond acceptors (Lipinski definition) is 5. The zero-order valence-electron chi connectivity index (χ0n) is 14.1. The Bertz CT molecular complexity index is 671. The van der Waals surface area contributed by atoms with E-state index in [-0.39, 0.29) is 12.0 Å². The van der Waals surface area contributed by atoms with E-state index in [1.807, 2.05) is 52.9 Å². The monoisotopic (exact) mass is 329 g/mol. The van der Waals surface area contributed by atoms with Gasteiger partial charge in [-0.15, -0.1) is 0 Å². The Balaban J connectivity index is 1.61. The average molecular weight is 329 g/mol. The van der Waals surface area contributed by atoms with Crippen LogP contribution in [0.1, 0.15) is 18.2 Å². The highest BCUT2D eigenvalue weighted by Crippen LogP contribution is 2.23. The number of nitrogens with zero attached hydrogens (tertiary/aromatic N) is 5. The molecule has 7 nitrogen and oxygen atoms in total. The van der Waals surface area contributed by atoms with E-state index in [1.54, 1.807) is 12.5 Å². The second-order valence-electron chi connectivity index (χ2n) is 6.06. The van der Waals surface area contributed by atoms with Crippen LogP contribution in [0.4, 0.5) is 5.82 Å². The number of anilines is 1. The summed E-state index contributed by atoms with van der Waals surface area (Å²) >= 11 is 0. The molecule has 1 unspecified atom stereocenters. The van der Waals surface area contributed by atoms with Crippen molar-refractivity contribution in [3.8, 4) is 0 Å². The first kappa shape index (κ1) is 16.4. The summed E-state index contributed by atoms with van der Waals surface area (Å²) in [5.74, 6) is 1.03. The number of aryl methyl sites for hydroxylation is 1. The highest BCUT2D eigenvalue weighted by molar-refractivity contribution is 5.76. The number of imidazole rings is 1. The molecule has 1 aliphatic rings. The minimum atomic E-state index is -0.171. The third kappa shape index (κ3) is 3.91. The van der Waals surface area contributed by atoms with E-state index in [0.29, 0.717) is 32.7 Å². The van der Waals surface area contributed by atoms with Crippen LogP contribution in [0, 0.1) is 0 Å². The summed E-state index contributed by atoms with van der Waals surface area (Å²) in [4.78, 5) is 24.9. The number of carbonyl (C=O) groups excluding carboxylic acids is 1. The maximum absolute atomic E-state index is 12.5. The van der Waals surface area contributed by atoms with Crippen molar-refractivity contribution < 1.29 is 9.53 Å². The lowest BCUT2D eigenvalue weighted by molar-refractivity contribution is -0.139. The van der Waals surface area contributed by atoms with E-state index >= 15 is 0 Å². The molecular weight excluding hydrogens is 306 g/mol. The molecule has 2 aromatic rings. The summed E-state index contributed by atoms with van der Waals surface area (Å²) in [7, 11) is 3.92. The number of amides is 1. The Morgan fingerprint density at radius 3 is 3.04 bits per heavy atom. The molecular formula is C17H23N5O2. The number of aromatic nitrogens is 3. The summed E-state index contributed by atoms with van der Waals surface area (Å²) < 4.78 is 7.75. The van der Waals surface area contributed by atoms with Gasteiger partial charge in [-0.2, -0.15) is 0 Å². The SMILES string of the molecule is CN(C)c1cccc(C2CN(C(=O)CCn3ccnc3)CCO2)n1. The van der Waals surface area contributed by atoms with Gasteiger partial charge in [0.2, 0.25) is 5.91 Å². The van der Waals surface area contributed by atoms with Crippen LogP contribution >= 0.6 is 0 Å². The van der Waals surface area contributed by atoms with Crippen molar-refractivity contribution >= 4 is 11.7 Å². The second kappa shape index (κ2) is 7.44. The minimum absolute atomic E-state index is 0.140. The molecule has 7 heteroatoms. The summed E-state index contributed by atoms with van der Waals surface area (Å²) in [5, 5.41) is 0. The Labute approximate surface area is 141 Å². The van der Waals surface area contributed by atoms with Crippen LogP contribution in [0.25, 0.3) is 0 Å². The molecule has 128 valence electrons. The zero-order valence-corrected chi connectivity index (χ0v) is 14.1. The highest BCUT2D eigenvalue weighted by atomic mass is 16.5. The summed E-state index contributed by atoms with van der Waals surface area (Å²) in [6.45, 7) is 2.36. The van der Waals surface area contributed by atoms with Gasteiger partial charge in [-0.05, 0) is 12.1 Å². The molecule has 0 radical (unpaired) electrons. The number of hydrogen-bond donors (Lipinski definition) is 0. The molecule has 1 atom stereocenters. The summed E-state index contributed by atoms with van der Waals surface area (Å²) in [6, 6.07) is 5.89. The fourth-order valence-corrected chi connectivity index (χ4v) is 2.72. The van der Waals surface area contributed by atoms with Crippen molar-refractivity contribution in [1.29, 1.82) is 0 Å². The average Bonchev–Trinajstić information content (AvgIpc) is 3.13. The number of ether oxygens (including phenoxy) is 1. The van der Waals surface area contributed by atoms with Crippen molar-refractivity contribution in [3.63, 3.8) is 0 Å². The molecule has 0 aliphatic carbocycles. The second-order valence-corrected chi connectivity index (χ2v) is 6.06. The topological polar surface area (TPSA) is 63.5 Å². The maximum Gasteiger partial charge on any atom is 0.224 e. The molecule has 1 fully saturated rings. The van der Waals surface area contributed by atoms with Gasteiger partial charge in [0.1, 0.15) is 11.9 Å². The van der Waals surface area contributed by atoms with Crippen molar-refractivity contribution in [3.05, 3.63) is 42.6 Å². The fraction of sp³-hybridized carbons (Fsp3) is 0.471. The molecule has 0 spiro atoms. The van der Waals surface area contributed by atoms with Gasteiger partial charge in [-0.1, -0.05) is 6.07 Å². The number of rotatable bonds is 5. The normalized spacial score (nSPS) is 17.8. The van der Waals surface area contributed by atoms with Crippen molar-refractivity contribution in [2.45, 2.75) is 19.1 Å². The molecule has 0 saturated carbocycles. The number of pyridine rings is 1. The maximum atomic E-state index is 12.5. The highest BCUT2D eigenvalue weighted by Gasteiger charge is 2.26. The van der Waals surface area contributed by atoms with Gasteiger partial charge in [-0.3, -0.25) is 4.79 Å². The molecule has 0 aromatic carbocycles. The van der Waals surface area contributed by atoms with Gasteiger partial charge in [-0.25, -0.2) is 9.97 Å². The van der Waals surface area contributed by atoms with Gasteiger partial charge in [0.25, 0.3) is 0 Å². The third-order valence-corrected chi connectivity index (χ3v) is 4.11. The molecule has 3 heterocycles. The van der Waals surface area contributed by atoms with Crippen LogP contribution in [0.3, 0.4) is 0 Å². The predicted octanol–water partition coefficient (Wildman–Crippen LogP) is 1.33. The minimum Gasteiger partial charge on any atom is -0.368 e. The fourth-order valence-electron chi connectivity index (χ4n) is 2.72. The number of carbonyl (C=O) groups is 1. The van der Waals surface area contributed by atoms with E-state index in [9.17, 15) is 4.79 Å². The first-order valence-electron chi connectivity index (χ1n) is 8.13. The van der Waals surface area contributed by atoms with Crippen LogP contribution in [0.2, 0.25) is 0 Å². The molecule has 1 saturated heterocycles. The smallest absolute Gasteiger partial charge is 0.224 e. The van der Waals surface area contributed by atoms with Crippen LogP contribution in [-0.4, -0.2) is 59.1 Å². The van der Waals surface area contributed by atoms with Gasteiger partial charge >= 0.3 is 0 Å². The van der Waals surface area contributed by atoms with E-state index < -0.39 is 0 Å². The third-order valence-electron chi connectivity index (χ3n) is 4.11. The van der Waals surface area contributed by atoms with Crippen molar-refractivity contribution in [2.75, 3.05) is 38.7 Å². The Kier molecular flexibility index (Phi) is 5.10. The predicted molar refractivity (Wildman–Crippen MR) is 90.7 cm³/mol. The quantitative estimate of drug-likeness (QED) is 0.828. The van der Waals surface area contributed by atoms with Crippen molar-refractivity contribution in [2.24, 2.45) is 0 Å². The van der Waals surface area contributed by atoms with Crippen molar-refractivity contribution in [1.82, 2.24) is 19.4 Å². The van der Waals surface area contributed by atoms with Crippen LogP contribution in [0.5, 0.6) is 0 Å². The van der Waals surface area contributed by atoms with Gasteiger partial charge in [0, 0.05) is 46.0 Å². The molecule has 0 N–H and O–H groups in total. The largest absolute Gasteiger partial charge is 0.368 e. The van der Waals surface area contributed by atoms with Crippen LogP contribution < -0.4 is 4.90 Å². The number of morpholine rings is 1. The standard InChI is InChI=1S/C17H23N5O2/c1-20(2)16-5-3-4-14(19-16)15-12-22(10-11-24-15)17(23)6-8-21-9-7-18-13-21/h3-5,7,9,13,15H,6,8,10-12H2,1-2H3. The lowest BCUT2D eigenvalue weighted by Crippen LogP contribution is -2.42. The van der Waals surface area contributed by atoms with Gasteiger partial charge in [0.15, 0.2) is 0 Å². The van der Waals surface area contributed by atoms with Gasteiger partial charge in [0.05, 0.1) is 25.2 Å². The van der Waals surface area contributed by atoms with E-state index in [4.69, 9.17) is 4.74 Å². The molecule has 2 aromatic heterocycles. The molecule has 1 aliphatic heterocycles. The summed E-state index contributed by atoms with van der Waals surface area (Å²) in [5.41, 5.74) is 0.869. The van der Waals surface area contributed by atoms with Crippen LogP contribution in [0.15, 0.2) is 36.9 Å². The lowest BCUT2D eigenvalue weighted by Gasteiger charge is -2.33.